The van der Waals surface area contributed by atoms with E-state index in [-0.39, 0.29) is 41.9 Å². The molecular weight excluding hydrogens is 518 g/mol. The Morgan fingerprint density at radius 3 is 2.77 bits per heavy atom. The third-order valence-electron chi connectivity index (χ3n) is 4.04. The van der Waals surface area contributed by atoms with Gasteiger partial charge in [0.05, 0.1) is 11.1 Å². The molecule has 0 spiro atoms. The third-order valence-corrected chi connectivity index (χ3v) is 4.65. The maximum Gasteiger partial charge on any atom is 0.409 e. The molecule has 146 valence electrons. The van der Waals surface area contributed by atoms with Gasteiger partial charge >= 0.3 is 6.09 Å². The maximum atomic E-state index is 13.2. The maximum absolute atomic E-state index is 13.2. The Morgan fingerprint density at radius 2 is 2.15 bits per heavy atom. The van der Waals surface area contributed by atoms with Crippen molar-refractivity contribution in [2.45, 2.75) is 32.2 Å². The highest BCUT2D eigenvalue weighted by molar-refractivity contribution is 14.0. The molecule has 0 unspecified atom stereocenters. The third kappa shape index (κ3) is 7.26. The summed E-state index contributed by atoms with van der Waals surface area (Å²) in [5.41, 5.74) is 6.92. The van der Waals surface area contributed by atoms with Gasteiger partial charge in [-0.15, -0.1) is 24.0 Å². The average molecular weight is 543 g/mol. The summed E-state index contributed by atoms with van der Waals surface area (Å²) in [6, 6.07) is 5.13. The number of guanidine groups is 1. The van der Waals surface area contributed by atoms with Gasteiger partial charge in [0.25, 0.3) is 0 Å². The van der Waals surface area contributed by atoms with E-state index in [2.05, 4.69) is 26.2 Å². The van der Waals surface area contributed by atoms with Crippen molar-refractivity contribution in [3.05, 3.63) is 34.1 Å². The summed E-state index contributed by atoms with van der Waals surface area (Å²) in [6.07, 6.45) is 2.04. The van der Waals surface area contributed by atoms with Gasteiger partial charge in [-0.3, -0.25) is 4.99 Å². The Balaban J connectivity index is 0.00000338. The summed E-state index contributed by atoms with van der Waals surface area (Å²) < 4.78 is 18.6. The second kappa shape index (κ2) is 11.6. The molecule has 1 aliphatic heterocycles. The molecule has 1 aromatic rings. The number of piperidine rings is 1. The zero-order valence-corrected chi connectivity index (χ0v) is 18.6. The standard InChI is InChI=1S/C17H24BrFN4O2.HI/c1-2-25-17(24)23-9-6-13(7-10-23)22-16(20)21-8-5-12-3-4-15(19)14(18)11-12;/h3-4,11,13H,2,5-10H2,1H3,(H3,20,21,22);1H. The second-order valence-electron chi connectivity index (χ2n) is 5.87. The first kappa shape index (κ1) is 22.9. The van der Waals surface area contributed by atoms with Gasteiger partial charge in [-0.1, -0.05) is 6.07 Å². The number of benzene rings is 1. The zero-order chi connectivity index (χ0) is 18.2. The monoisotopic (exact) mass is 542 g/mol. The predicted molar refractivity (Wildman–Crippen MR) is 114 cm³/mol. The lowest BCUT2D eigenvalue weighted by Gasteiger charge is -2.31. The van der Waals surface area contributed by atoms with Crippen molar-refractivity contribution in [2.24, 2.45) is 10.7 Å². The fourth-order valence-corrected chi connectivity index (χ4v) is 3.10. The highest BCUT2D eigenvalue weighted by Gasteiger charge is 2.23. The van der Waals surface area contributed by atoms with E-state index in [0.717, 1.165) is 18.4 Å². The van der Waals surface area contributed by atoms with Crippen LogP contribution in [0.4, 0.5) is 9.18 Å². The van der Waals surface area contributed by atoms with Gasteiger partial charge in [0.1, 0.15) is 5.82 Å². The average Bonchev–Trinajstić information content (AvgIpc) is 2.59. The smallest absolute Gasteiger partial charge is 0.409 e. The SMILES string of the molecule is CCOC(=O)N1CCC(NC(N)=NCCc2ccc(F)c(Br)c2)CC1.I. The number of carbonyl (C=O) groups is 1. The Hall–Kier alpha value is -1.10. The van der Waals surface area contributed by atoms with Crippen LogP contribution in [-0.2, 0) is 11.2 Å². The fraction of sp³-hybridized carbons (Fsp3) is 0.529. The van der Waals surface area contributed by atoms with E-state index in [1.807, 2.05) is 0 Å². The minimum atomic E-state index is -0.275. The molecule has 0 bridgehead atoms. The molecule has 9 heteroatoms. The van der Waals surface area contributed by atoms with E-state index >= 15 is 0 Å². The van der Waals surface area contributed by atoms with Crippen molar-refractivity contribution in [1.82, 2.24) is 10.2 Å². The van der Waals surface area contributed by atoms with Crippen molar-refractivity contribution in [2.75, 3.05) is 26.2 Å². The van der Waals surface area contributed by atoms with E-state index in [0.29, 0.717) is 43.1 Å². The van der Waals surface area contributed by atoms with Gasteiger partial charge in [0.2, 0.25) is 0 Å². The number of ether oxygens (including phenoxy) is 1. The Labute approximate surface area is 178 Å². The number of rotatable bonds is 5. The van der Waals surface area contributed by atoms with Crippen LogP contribution in [0.1, 0.15) is 25.3 Å². The largest absolute Gasteiger partial charge is 0.450 e. The summed E-state index contributed by atoms with van der Waals surface area (Å²) in [5, 5.41) is 3.20. The molecule has 1 aromatic carbocycles. The molecule has 0 atom stereocenters. The first-order valence-corrected chi connectivity index (χ1v) is 9.21. The molecule has 0 radical (unpaired) electrons. The molecule has 0 saturated carbocycles. The van der Waals surface area contributed by atoms with Crippen molar-refractivity contribution < 1.29 is 13.9 Å². The molecule has 1 saturated heterocycles. The lowest BCUT2D eigenvalue weighted by atomic mass is 10.1. The first-order valence-electron chi connectivity index (χ1n) is 8.41. The molecule has 6 nitrogen and oxygen atoms in total. The topological polar surface area (TPSA) is 80.0 Å². The number of nitrogens with two attached hydrogens (primary N) is 1. The summed E-state index contributed by atoms with van der Waals surface area (Å²) >= 11 is 3.17. The molecule has 0 aliphatic carbocycles. The van der Waals surface area contributed by atoms with Gasteiger partial charge in [0, 0.05) is 25.7 Å². The molecule has 1 aliphatic rings. The normalized spacial score (nSPS) is 15.3. The highest BCUT2D eigenvalue weighted by atomic mass is 127. The molecule has 2 rings (SSSR count). The summed E-state index contributed by atoms with van der Waals surface area (Å²) in [6.45, 7) is 4.01. The van der Waals surface area contributed by atoms with Crippen LogP contribution in [0.25, 0.3) is 0 Å². The molecule has 1 fully saturated rings. The van der Waals surface area contributed by atoms with Gasteiger partial charge in [0.15, 0.2) is 5.96 Å². The van der Waals surface area contributed by atoms with Crippen molar-refractivity contribution >= 4 is 52.0 Å². The van der Waals surface area contributed by atoms with Crippen LogP contribution in [0.3, 0.4) is 0 Å². The summed E-state index contributed by atoms with van der Waals surface area (Å²) in [5.74, 6) is 0.123. The number of halogens is 3. The number of nitrogens with zero attached hydrogens (tertiary/aromatic N) is 2. The van der Waals surface area contributed by atoms with Crippen LogP contribution in [-0.4, -0.2) is 49.2 Å². The summed E-state index contributed by atoms with van der Waals surface area (Å²) in [4.78, 5) is 17.7. The van der Waals surface area contributed by atoms with Crippen molar-refractivity contribution in [3.8, 4) is 0 Å². The molecule has 1 amide bonds. The highest BCUT2D eigenvalue weighted by Crippen LogP contribution is 2.17. The minimum absolute atomic E-state index is 0. The predicted octanol–water partition coefficient (Wildman–Crippen LogP) is 3.27. The van der Waals surface area contributed by atoms with Gasteiger partial charge < -0.3 is 20.7 Å². The molecule has 3 N–H and O–H groups in total. The Morgan fingerprint density at radius 1 is 1.46 bits per heavy atom. The quantitative estimate of drug-likeness (QED) is 0.340. The number of carbonyl (C=O) groups excluding carboxylic acids is 1. The molecular formula is C17H25BrFIN4O2. The number of amides is 1. The van der Waals surface area contributed by atoms with Crippen LogP contribution in [0.5, 0.6) is 0 Å². The van der Waals surface area contributed by atoms with Crippen molar-refractivity contribution in [1.29, 1.82) is 0 Å². The van der Waals surface area contributed by atoms with Gasteiger partial charge in [-0.25, -0.2) is 9.18 Å². The number of hydrogen-bond donors (Lipinski definition) is 2. The number of likely N-dealkylation sites (tertiary alicyclic amines) is 1. The summed E-state index contributed by atoms with van der Waals surface area (Å²) in [7, 11) is 0. The molecule has 1 heterocycles. The lowest BCUT2D eigenvalue weighted by Crippen LogP contribution is -2.48. The van der Waals surface area contributed by atoms with Crippen LogP contribution in [0.15, 0.2) is 27.7 Å². The minimum Gasteiger partial charge on any atom is -0.450 e. The van der Waals surface area contributed by atoms with Gasteiger partial charge in [-0.05, 0) is 59.8 Å². The molecule has 0 aromatic heterocycles. The zero-order valence-electron chi connectivity index (χ0n) is 14.7. The van der Waals surface area contributed by atoms with Crippen LogP contribution < -0.4 is 11.1 Å². The van der Waals surface area contributed by atoms with E-state index in [1.54, 1.807) is 24.0 Å². The number of hydrogen-bond acceptors (Lipinski definition) is 3. The molecule has 26 heavy (non-hydrogen) atoms. The van der Waals surface area contributed by atoms with E-state index in [9.17, 15) is 9.18 Å². The lowest BCUT2D eigenvalue weighted by molar-refractivity contribution is 0.0963. The van der Waals surface area contributed by atoms with Gasteiger partial charge in [-0.2, -0.15) is 0 Å². The van der Waals surface area contributed by atoms with E-state index in [4.69, 9.17) is 10.5 Å². The fourth-order valence-electron chi connectivity index (χ4n) is 2.68. The Kier molecular flexibility index (Phi) is 10.2. The van der Waals surface area contributed by atoms with Crippen LogP contribution in [0, 0.1) is 5.82 Å². The first-order chi connectivity index (χ1) is 12.0. The van der Waals surface area contributed by atoms with Crippen LogP contribution in [0.2, 0.25) is 0 Å². The van der Waals surface area contributed by atoms with E-state index < -0.39 is 0 Å². The number of aliphatic imine (C=N–C) groups is 1. The van der Waals surface area contributed by atoms with Crippen molar-refractivity contribution in [3.63, 3.8) is 0 Å². The number of nitrogens with one attached hydrogen (secondary N) is 1. The van der Waals surface area contributed by atoms with E-state index in [1.165, 1.54) is 6.07 Å². The Bertz CT molecular complexity index is 625. The second-order valence-corrected chi connectivity index (χ2v) is 6.72. The van der Waals surface area contributed by atoms with Crippen LogP contribution >= 0.6 is 39.9 Å².